The van der Waals surface area contributed by atoms with Gasteiger partial charge in [0.15, 0.2) is 21.3 Å². The first-order valence-corrected chi connectivity index (χ1v) is 16.6. The Bertz CT molecular complexity index is 2040. The number of carbonyl (C=O) groups excluding carboxylic acids is 1. The number of H-pyrrole nitrogens is 1. The number of aromatic amines is 1. The van der Waals surface area contributed by atoms with Crippen LogP contribution < -0.4 is 14.8 Å². The zero-order valence-electron chi connectivity index (χ0n) is 27.0. The molecule has 242 valence electrons. The van der Waals surface area contributed by atoms with Crippen LogP contribution in [0, 0.1) is 6.92 Å². The Kier molecular flexibility index (Phi) is 7.97. The number of nitrogens with zero attached hydrogens (tertiary/aromatic N) is 3. The van der Waals surface area contributed by atoms with Gasteiger partial charge in [0.1, 0.15) is 16.6 Å². The predicted octanol–water partition coefficient (Wildman–Crippen LogP) is 5.73. The second-order valence-corrected chi connectivity index (χ2v) is 14.7. The van der Waals surface area contributed by atoms with E-state index < -0.39 is 26.9 Å². The molecule has 1 fully saturated rings. The minimum Gasteiger partial charge on any atom is -0.493 e. The summed E-state index contributed by atoms with van der Waals surface area (Å²) >= 11 is 0. The topological polar surface area (TPSA) is 128 Å². The van der Waals surface area contributed by atoms with Gasteiger partial charge in [-0.2, -0.15) is 0 Å². The van der Waals surface area contributed by atoms with Crippen molar-refractivity contribution in [3.63, 3.8) is 0 Å². The first kappa shape index (κ1) is 31.4. The summed E-state index contributed by atoms with van der Waals surface area (Å²) in [7, 11) is 1.26. The minimum atomic E-state index is -3.90. The standard InChI is InChI=1S/C34H39N5O6S/c1-20-8-10-22(11-9-20)46(41,42)32(39-17-21(18-39)36-33(40)45-34(2,3)4)23-12-13-35-31-25(23)14-27(37-31)26-19-38(5)28-16-30(44-7)29(43-6)15-24(26)28/h8-16,19,21,32H,17-18H2,1-7H3,(H,35,37)(H,36,40). The molecule has 1 aliphatic heterocycles. The summed E-state index contributed by atoms with van der Waals surface area (Å²) < 4.78 is 47.3. The lowest BCUT2D eigenvalue weighted by atomic mass is 10.1. The summed E-state index contributed by atoms with van der Waals surface area (Å²) in [6.07, 6.45) is 3.11. The van der Waals surface area contributed by atoms with Crippen LogP contribution in [0.25, 0.3) is 33.2 Å². The molecule has 0 spiro atoms. The average molecular weight is 646 g/mol. The van der Waals surface area contributed by atoms with E-state index in [9.17, 15) is 13.2 Å². The number of rotatable bonds is 8. The molecule has 1 saturated heterocycles. The van der Waals surface area contributed by atoms with E-state index in [2.05, 4.69) is 15.3 Å². The highest BCUT2D eigenvalue weighted by atomic mass is 32.2. The molecule has 4 heterocycles. The van der Waals surface area contributed by atoms with Crippen LogP contribution >= 0.6 is 0 Å². The molecule has 2 aromatic carbocycles. The third kappa shape index (κ3) is 5.78. The Hall–Kier alpha value is -4.55. The first-order chi connectivity index (χ1) is 21.8. The number of hydrogen-bond donors (Lipinski definition) is 2. The Labute approximate surface area is 268 Å². The summed E-state index contributed by atoms with van der Waals surface area (Å²) in [6.45, 7) is 7.99. The second kappa shape index (κ2) is 11.7. The number of carbonyl (C=O) groups is 1. The molecule has 3 aromatic heterocycles. The lowest BCUT2D eigenvalue weighted by Crippen LogP contribution is -2.61. The predicted molar refractivity (Wildman–Crippen MR) is 177 cm³/mol. The molecule has 1 aliphatic rings. The molecule has 6 rings (SSSR count). The number of amides is 1. The number of pyridine rings is 1. The van der Waals surface area contributed by atoms with Crippen LogP contribution in [-0.4, -0.2) is 72.9 Å². The van der Waals surface area contributed by atoms with Gasteiger partial charge in [0, 0.05) is 60.6 Å². The van der Waals surface area contributed by atoms with Crippen molar-refractivity contribution < 1.29 is 27.4 Å². The number of hydrogen-bond acceptors (Lipinski definition) is 8. The first-order valence-electron chi connectivity index (χ1n) is 15.0. The lowest BCUT2D eigenvalue weighted by molar-refractivity contribution is 0.0383. The fourth-order valence-electron chi connectivity index (χ4n) is 6.02. The highest BCUT2D eigenvalue weighted by molar-refractivity contribution is 7.91. The van der Waals surface area contributed by atoms with E-state index in [4.69, 9.17) is 14.2 Å². The van der Waals surface area contributed by atoms with Crippen LogP contribution in [0.2, 0.25) is 0 Å². The van der Waals surface area contributed by atoms with Gasteiger partial charge in [0.2, 0.25) is 0 Å². The number of aryl methyl sites for hydroxylation is 2. The zero-order chi connectivity index (χ0) is 33.0. The van der Waals surface area contributed by atoms with Crippen LogP contribution in [0.15, 0.2) is 65.8 Å². The van der Waals surface area contributed by atoms with Gasteiger partial charge < -0.3 is 29.1 Å². The number of ether oxygens (including phenoxy) is 3. The van der Waals surface area contributed by atoms with Crippen molar-refractivity contribution in [1.29, 1.82) is 0 Å². The maximum absolute atomic E-state index is 14.4. The molecule has 5 aromatic rings. The van der Waals surface area contributed by atoms with Gasteiger partial charge >= 0.3 is 6.09 Å². The molecule has 0 bridgehead atoms. The number of aromatic nitrogens is 3. The Morgan fingerprint density at radius 3 is 2.35 bits per heavy atom. The van der Waals surface area contributed by atoms with Crippen molar-refractivity contribution >= 4 is 37.9 Å². The van der Waals surface area contributed by atoms with Crippen molar-refractivity contribution in [1.82, 2.24) is 24.8 Å². The lowest BCUT2D eigenvalue weighted by Gasteiger charge is -2.44. The van der Waals surface area contributed by atoms with E-state index in [1.807, 2.05) is 47.8 Å². The summed E-state index contributed by atoms with van der Waals surface area (Å²) in [5.41, 5.74) is 4.13. The van der Waals surface area contributed by atoms with Crippen LogP contribution in [0.3, 0.4) is 0 Å². The van der Waals surface area contributed by atoms with Crippen LogP contribution in [-0.2, 0) is 21.6 Å². The normalized spacial score (nSPS) is 15.1. The molecular formula is C34H39N5O6S. The Morgan fingerprint density at radius 2 is 1.70 bits per heavy atom. The maximum Gasteiger partial charge on any atom is 0.407 e. The SMILES string of the molecule is COc1cc2c(-c3cc4c(C(N5CC(NC(=O)OC(C)(C)C)C5)S(=O)(=O)c5ccc(C)cc5)ccnc4[nH]3)cn(C)c2cc1OC. The number of fused-ring (bicyclic) bond motifs is 2. The zero-order valence-corrected chi connectivity index (χ0v) is 27.9. The molecule has 46 heavy (non-hydrogen) atoms. The Balaban J connectivity index is 1.42. The van der Waals surface area contributed by atoms with Crippen molar-refractivity contribution in [3.8, 4) is 22.8 Å². The maximum atomic E-state index is 14.4. The van der Waals surface area contributed by atoms with Crippen LogP contribution in [0.5, 0.6) is 11.5 Å². The van der Waals surface area contributed by atoms with E-state index in [0.29, 0.717) is 41.2 Å². The number of alkyl carbamates (subject to hydrolysis) is 1. The largest absolute Gasteiger partial charge is 0.493 e. The summed E-state index contributed by atoms with van der Waals surface area (Å²) in [6, 6.07) is 14.2. The second-order valence-electron chi connectivity index (χ2n) is 12.7. The number of nitrogens with one attached hydrogen (secondary N) is 2. The van der Waals surface area contributed by atoms with E-state index in [1.54, 1.807) is 71.5 Å². The third-order valence-electron chi connectivity index (χ3n) is 8.22. The van der Waals surface area contributed by atoms with E-state index in [-0.39, 0.29) is 10.9 Å². The van der Waals surface area contributed by atoms with Gasteiger partial charge in [-0.05, 0) is 63.6 Å². The fourth-order valence-corrected chi connectivity index (χ4v) is 7.90. The smallest absolute Gasteiger partial charge is 0.407 e. The monoisotopic (exact) mass is 645 g/mol. The van der Waals surface area contributed by atoms with Gasteiger partial charge in [0.25, 0.3) is 0 Å². The highest BCUT2D eigenvalue weighted by Gasteiger charge is 2.43. The fraction of sp³-hybridized carbons (Fsp3) is 0.353. The van der Waals surface area contributed by atoms with Gasteiger partial charge in [-0.15, -0.1) is 0 Å². The highest BCUT2D eigenvalue weighted by Crippen LogP contribution is 2.42. The molecule has 2 N–H and O–H groups in total. The Morgan fingerprint density at radius 1 is 1.02 bits per heavy atom. The molecule has 12 heteroatoms. The van der Waals surface area contributed by atoms with E-state index in [0.717, 1.165) is 27.7 Å². The molecule has 1 amide bonds. The molecule has 0 radical (unpaired) electrons. The third-order valence-corrected chi connectivity index (χ3v) is 10.3. The molecule has 0 aliphatic carbocycles. The molecule has 11 nitrogen and oxygen atoms in total. The number of likely N-dealkylation sites (tertiary alicyclic amines) is 1. The summed E-state index contributed by atoms with van der Waals surface area (Å²) in [4.78, 5) is 22.5. The molecule has 0 saturated carbocycles. The molecular weight excluding hydrogens is 606 g/mol. The minimum absolute atomic E-state index is 0.225. The van der Waals surface area contributed by atoms with Gasteiger partial charge in [-0.25, -0.2) is 18.2 Å². The van der Waals surface area contributed by atoms with Crippen LogP contribution in [0.1, 0.15) is 37.3 Å². The average Bonchev–Trinajstić information content (AvgIpc) is 3.55. The van der Waals surface area contributed by atoms with E-state index >= 15 is 0 Å². The van der Waals surface area contributed by atoms with Crippen molar-refractivity contribution in [2.24, 2.45) is 7.05 Å². The van der Waals surface area contributed by atoms with Gasteiger partial charge in [0.05, 0.1) is 30.7 Å². The quantitative estimate of drug-likeness (QED) is 0.219. The number of sulfone groups is 1. The number of benzene rings is 2. The van der Waals surface area contributed by atoms with Gasteiger partial charge in [-0.3, -0.25) is 4.90 Å². The van der Waals surface area contributed by atoms with Crippen LogP contribution in [0.4, 0.5) is 4.79 Å². The van der Waals surface area contributed by atoms with Crippen molar-refractivity contribution in [3.05, 3.63) is 72.1 Å². The van der Waals surface area contributed by atoms with Gasteiger partial charge in [-0.1, -0.05) is 17.7 Å². The van der Waals surface area contributed by atoms with Crippen molar-refractivity contribution in [2.75, 3.05) is 27.3 Å². The summed E-state index contributed by atoms with van der Waals surface area (Å²) in [5, 5.41) is 3.49. The summed E-state index contributed by atoms with van der Waals surface area (Å²) in [5.74, 6) is 1.23. The molecule has 1 atom stereocenters. The van der Waals surface area contributed by atoms with E-state index in [1.165, 1.54) is 0 Å². The van der Waals surface area contributed by atoms with Crippen molar-refractivity contribution in [2.45, 2.75) is 49.6 Å². The number of methoxy groups -OCH3 is 2. The molecule has 1 unspecified atom stereocenters.